The zero-order valence-electron chi connectivity index (χ0n) is 12.7. The van der Waals surface area contributed by atoms with Crippen LogP contribution in [-0.2, 0) is 0 Å². The van der Waals surface area contributed by atoms with E-state index >= 15 is 0 Å². The fourth-order valence-corrected chi connectivity index (χ4v) is 1.96. The summed E-state index contributed by atoms with van der Waals surface area (Å²) < 4.78 is 10.3. The summed E-state index contributed by atoms with van der Waals surface area (Å²) in [5.41, 5.74) is 1.03. The molecule has 0 aliphatic heterocycles. The Morgan fingerprint density at radius 1 is 1.09 bits per heavy atom. The molecule has 0 saturated heterocycles. The number of carbonyl (C=O) groups excluding carboxylic acids is 1. The summed E-state index contributed by atoms with van der Waals surface area (Å²) >= 11 is 0. The number of benzene rings is 2. The molecule has 2 aromatic carbocycles. The summed E-state index contributed by atoms with van der Waals surface area (Å²) in [6.45, 7) is 0.0497. The third kappa shape index (κ3) is 4.19. The molecule has 0 spiro atoms. The predicted octanol–water partition coefficient (Wildman–Crippen LogP) is 2.91. The maximum Gasteiger partial charge on any atom is 0.269 e. The van der Waals surface area contributed by atoms with E-state index in [9.17, 15) is 14.9 Å². The third-order valence-corrected chi connectivity index (χ3v) is 3.20. The van der Waals surface area contributed by atoms with Gasteiger partial charge in [0.05, 0.1) is 25.7 Å². The number of nitro benzene ring substituents is 1. The van der Waals surface area contributed by atoms with Gasteiger partial charge in [0.25, 0.3) is 5.69 Å². The number of hydrogen-bond acceptors (Lipinski definition) is 6. The largest absolute Gasteiger partial charge is 0.497 e. The fourth-order valence-electron chi connectivity index (χ4n) is 1.96. The number of rotatable bonds is 7. The van der Waals surface area contributed by atoms with Gasteiger partial charge in [0.1, 0.15) is 11.5 Å². The van der Waals surface area contributed by atoms with E-state index in [0.29, 0.717) is 22.7 Å². The van der Waals surface area contributed by atoms with Crippen molar-refractivity contribution in [2.45, 2.75) is 0 Å². The van der Waals surface area contributed by atoms with Gasteiger partial charge in [-0.15, -0.1) is 0 Å². The van der Waals surface area contributed by atoms with Crippen molar-refractivity contribution < 1.29 is 19.2 Å². The second-order valence-corrected chi connectivity index (χ2v) is 4.68. The highest BCUT2D eigenvalue weighted by atomic mass is 16.6. The first-order chi connectivity index (χ1) is 11.0. The van der Waals surface area contributed by atoms with Gasteiger partial charge in [0.2, 0.25) is 0 Å². The van der Waals surface area contributed by atoms with Gasteiger partial charge in [-0.25, -0.2) is 0 Å². The molecule has 0 atom stereocenters. The van der Waals surface area contributed by atoms with Crippen LogP contribution >= 0.6 is 0 Å². The van der Waals surface area contributed by atoms with E-state index in [1.54, 1.807) is 32.4 Å². The minimum absolute atomic E-state index is 0.0490. The standard InChI is InChI=1S/C16H16N2O5/c1-22-14-7-12(8-15(9-14)23-2)17-10-16(19)11-3-5-13(6-4-11)18(20)21/h3-9,17H,10H2,1-2H3. The molecule has 0 amide bonds. The van der Waals surface area contributed by atoms with Crippen LogP contribution in [0.3, 0.4) is 0 Å². The Hall–Kier alpha value is -3.09. The summed E-state index contributed by atoms with van der Waals surface area (Å²) in [6, 6.07) is 10.7. The zero-order valence-corrected chi connectivity index (χ0v) is 12.7. The molecule has 7 heteroatoms. The lowest BCUT2D eigenvalue weighted by atomic mass is 10.1. The number of ether oxygens (including phenoxy) is 2. The SMILES string of the molecule is COc1cc(NCC(=O)c2ccc([N+](=O)[O-])cc2)cc(OC)c1. The maximum absolute atomic E-state index is 12.1. The first kappa shape index (κ1) is 16.3. The van der Waals surface area contributed by atoms with Gasteiger partial charge in [-0.3, -0.25) is 14.9 Å². The fraction of sp³-hybridized carbons (Fsp3) is 0.188. The lowest BCUT2D eigenvalue weighted by Crippen LogP contribution is -2.14. The van der Waals surface area contributed by atoms with Crippen LogP contribution < -0.4 is 14.8 Å². The van der Waals surface area contributed by atoms with Gasteiger partial charge in [-0.05, 0) is 12.1 Å². The number of hydrogen-bond donors (Lipinski definition) is 1. The number of Topliss-reactive ketones (excluding diaryl/α,β-unsaturated/α-hetero) is 1. The number of nitro groups is 1. The Bertz CT molecular complexity index is 691. The van der Waals surface area contributed by atoms with E-state index in [-0.39, 0.29) is 18.0 Å². The number of nitrogens with one attached hydrogen (secondary N) is 1. The molecule has 0 bridgehead atoms. The second-order valence-electron chi connectivity index (χ2n) is 4.68. The van der Waals surface area contributed by atoms with E-state index in [0.717, 1.165) is 0 Å². The first-order valence-electron chi connectivity index (χ1n) is 6.78. The summed E-state index contributed by atoms with van der Waals surface area (Å²) in [4.78, 5) is 22.2. The highest BCUT2D eigenvalue weighted by Crippen LogP contribution is 2.25. The van der Waals surface area contributed by atoms with Crippen LogP contribution in [0.25, 0.3) is 0 Å². The molecule has 0 heterocycles. The van der Waals surface area contributed by atoms with Crippen LogP contribution in [0, 0.1) is 10.1 Å². The number of nitrogens with zero attached hydrogens (tertiary/aromatic N) is 1. The molecule has 2 rings (SSSR count). The molecular formula is C16H16N2O5. The summed E-state index contributed by atoms with van der Waals surface area (Å²) in [6.07, 6.45) is 0. The highest BCUT2D eigenvalue weighted by molar-refractivity contribution is 5.99. The Labute approximate surface area is 133 Å². The van der Waals surface area contributed by atoms with Gasteiger partial charge < -0.3 is 14.8 Å². The topological polar surface area (TPSA) is 90.7 Å². The highest BCUT2D eigenvalue weighted by Gasteiger charge is 2.10. The van der Waals surface area contributed by atoms with Crippen molar-refractivity contribution >= 4 is 17.2 Å². The van der Waals surface area contributed by atoms with Crippen LogP contribution in [-0.4, -0.2) is 31.5 Å². The lowest BCUT2D eigenvalue weighted by Gasteiger charge is -2.10. The quantitative estimate of drug-likeness (QED) is 0.480. The van der Waals surface area contributed by atoms with Crippen molar-refractivity contribution in [1.82, 2.24) is 0 Å². The molecule has 7 nitrogen and oxygen atoms in total. The van der Waals surface area contributed by atoms with Gasteiger partial charge in [0.15, 0.2) is 5.78 Å². The normalized spacial score (nSPS) is 10.0. The van der Waals surface area contributed by atoms with E-state index in [2.05, 4.69) is 5.32 Å². The summed E-state index contributed by atoms with van der Waals surface area (Å²) in [5, 5.41) is 13.6. The number of non-ortho nitro benzene ring substituents is 1. The number of carbonyl (C=O) groups is 1. The van der Waals surface area contributed by atoms with Crippen molar-refractivity contribution in [1.29, 1.82) is 0 Å². The van der Waals surface area contributed by atoms with E-state index in [4.69, 9.17) is 9.47 Å². The molecule has 0 aliphatic rings. The number of methoxy groups -OCH3 is 2. The minimum Gasteiger partial charge on any atom is -0.497 e. The molecule has 23 heavy (non-hydrogen) atoms. The average Bonchev–Trinajstić information content (AvgIpc) is 2.59. The Morgan fingerprint density at radius 2 is 1.65 bits per heavy atom. The third-order valence-electron chi connectivity index (χ3n) is 3.20. The van der Waals surface area contributed by atoms with E-state index < -0.39 is 4.92 Å². The minimum atomic E-state index is -0.505. The first-order valence-corrected chi connectivity index (χ1v) is 6.78. The Morgan fingerprint density at radius 3 is 2.13 bits per heavy atom. The monoisotopic (exact) mass is 316 g/mol. The molecule has 0 aromatic heterocycles. The van der Waals surface area contributed by atoms with Gasteiger partial charge in [-0.2, -0.15) is 0 Å². The molecule has 0 fully saturated rings. The van der Waals surface area contributed by atoms with Gasteiger partial charge in [-0.1, -0.05) is 0 Å². The van der Waals surface area contributed by atoms with Crippen LogP contribution in [0.1, 0.15) is 10.4 Å². The van der Waals surface area contributed by atoms with Crippen molar-refractivity contribution in [3.05, 3.63) is 58.1 Å². The average molecular weight is 316 g/mol. The van der Waals surface area contributed by atoms with Crippen LogP contribution in [0.5, 0.6) is 11.5 Å². The molecule has 120 valence electrons. The molecule has 1 N–H and O–H groups in total. The van der Waals surface area contributed by atoms with Gasteiger partial charge >= 0.3 is 0 Å². The van der Waals surface area contributed by atoms with E-state index in [1.807, 2.05) is 0 Å². The second kappa shape index (κ2) is 7.26. The van der Waals surface area contributed by atoms with E-state index in [1.165, 1.54) is 24.3 Å². The summed E-state index contributed by atoms with van der Waals surface area (Å²) in [5.74, 6) is 1.03. The van der Waals surface area contributed by atoms with Gasteiger partial charge in [0, 0.05) is 41.6 Å². The molecule has 0 unspecified atom stereocenters. The molecule has 0 aliphatic carbocycles. The van der Waals surface area contributed by atoms with Crippen LogP contribution in [0.4, 0.5) is 11.4 Å². The zero-order chi connectivity index (χ0) is 16.8. The van der Waals surface area contributed by atoms with Crippen molar-refractivity contribution in [3.63, 3.8) is 0 Å². The summed E-state index contributed by atoms with van der Waals surface area (Å²) in [7, 11) is 3.08. The maximum atomic E-state index is 12.1. The van der Waals surface area contributed by atoms with Crippen molar-refractivity contribution in [3.8, 4) is 11.5 Å². The Kier molecular flexibility index (Phi) is 5.14. The number of anilines is 1. The Balaban J connectivity index is 2.05. The van der Waals surface area contributed by atoms with Crippen LogP contribution in [0.2, 0.25) is 0 Å². The molecule has 2 aromatic rings. The molecular weight excluding hydrogens is 300 g/mol. The molecule has 0 radical (unpaired) electrons. The molecule has 0 saturated carbocycles. The lowest BCUT2D eigenvalue weighted by molar-refractivity contribution is -0.384. The smallest absolute Gasteiger partial charge is 0.269 e. The van der Waals surface area contributed by atoms with Crippen LogP contribution in [0.15, 0.2) is 42.5 Å². The van der Waals surface area contributed by atoms with Crippen molar-refractivity contribution in [2.75, 3.05) is 26.1 Å². The predicted molar refractivity (Wildman–Crippen MR) is 85.5 cm³/mol. The number of ketones is 1. The van der Waals surface area contributed by atoms with Crippen molar-refractivity contribution in [2.24, 2.45) is 0 Å².